The van der Waals surface area contributed by atoms with Gasteiger partial charge in [-0.1, -0.05) is 0 Å². The number of rotatable bonds is 0. The van der Waals surface area contributed by atoms with Gasteiger partial charge in [-0.2, -0.15) is 0 Å². The lowest BCUT2D eigenvalue weighted by atomic mass is 10.2. The predicted molar refractivity (Wildman–Crippen MR) is 65.6 cm³/mol. The van der Waals surface area contributed by atoms with Gasteiger partial charge in [-0.3, -0.25) is 9.69 Å². The van der Waals surface area contributed by atoms with Gasteiger partial charge in [0.05, 0.1) is 6.04 Å². The average Bonchev–Trinajstić information content (AvgIpc) is 2.65. The van der Waals surface area contributed by atoms with E-state index in [1.54, 1.807) is 6.20 Å². The first-order chi connectivity index (χ1) is 7.74. The second-order valence-corrected chi connectivity index (χ2v) is 5.06. The molecule has 1 aromatic heterocycles. The SMILES string of the molecule is O=C1Nc2ncc(P)cc2CN2CCCC12. The maximum atomic E-state index is 11.9. The topological polar surface area (TPSA) is 45.2 Å². The summed E-state index contributed by atoms with van der Waals surface area (Å²) in [6.07, 6.45) is 3.84. The Labute approximate surface area is 96.6 Å². The van der Waals surface area contributed by atoms with Crippen LogP contribution >= 0.6 is 9.24 Å². The van der Waals surface area contributed by atoms with Crippen molar-refractivity contribution in [3.05, 3.63) is 17.8 Å². The molecule has 1 aromatic rings. The highest BCUT2D eigenvalue weighted by atomic mass is 31.0. The molecule has 84 valence electrons. The van der Waals surface area contributed by atoms with Gasteiger partial charge in [-0.15, -0.1) is 9.24 Å². The molecule has 0 saturated carbocycles. The zero-order chi connectivity index (χ0) is 11.1. The minimum absolute atomic E-state index is 0.0437. The Morgan fingerprint density at radius 3 is 3.31 bits per heavy atom. The highest BCUT2D eigenvalue weighted by Gasteiger charge is 2.34. The molecule has 5 heteroatoms. The van der Waals surface area contributed by atoms with Crippen LogP contribution in [-0.2, 0) is 11.3 Å². The van der Waals surface area contributed by atoms with E-state index < -0.39 is 0 Å². The number of amides is 1. The molecular formula is C11H14N3OP. The number of carbonyl (C=O) groups is 1. The average molecular weight is 235 g/mol. The van der Waals surface area contributed by atoms with Crippen LogP contribution in [0.5, 0.6) is 0 Å². The monoisotopic (exact) mass is 235 g/mol. The van der Waals surface area contributed by atoms with Gasteiger partial charge >= 0.3 is 0 Å². The fraction of sp³-hybridized carbons (Fsp3) is 0.455. The van der Waals surface area contributed by atoms with E-state index in [1.807, 2.05) is 0 Å². The summed E-state index contributed by atoms with van der Waals surface area (Å²) in [4.78, 5) is 18.5. The summed E-state index contributed by atoms with van der Waals surface area (Å²) < 4.78 is 0. The van der Waals surface area contributed by atoms with Crippen LogP contribution in [0.1, 0.15) is 18.4 Å². The van der Waals surface area contributed by atoms with Gasteiger partial charge in [0.25, 0.3) is 0 Å². The molecule has 2 unspecified atom stereocenters. The van der Waals surface area contributed by atoms with E-state index in [-0.39, 0.29) is 11.9 Å². The summed E-state index contributed by atoms with van der Waals surface area (Å²) in [5.74, 6) is 0.825. The van der Waals surface area contributed by atoms with Crippen molar-refractivity contribution in [3.63, 3.8) is 0 Å². The zero-order valence-electron chi connectivity index (χ0n) is 8.94. The smallest absolute Gasteiger partial charge is 0.242 e. The van der Waals surface area contributed by atoms with E-state index in [4.69, 9.17) is 0 Å². The molecule has 2 aliphatic rings. The number of nitrogens with one attached hydrogen (secondary N) is 1. The lowest BCUT2D eigenvalue weighted by Gasteiger charge is -2.19. The van der Waals surface area contributed by atoms with Crippen molar-refractivity contribution in [3.8, 4) is 0 Å². The second kappa shape index (κ2) is 3.79. The van der Waals surface area contributed by atoms with Crippen LogP contribution in [0, 0.1) is 0 Å². The Balaban J connectivity index is 2.01. The molecule has 1 amide bonds. The Morgan fingerprint density at radius 2 is 2.44 bits per heavy atom. The van der Waals surface area contributed by atoms with Gasteiger partial charge in [-0.25, -0.2) is 4.98 Å². The van der Waals surface area contributed by atoms with Crippen LogP contribution in [0.3, 0.4) is 0 Å². The van der Waals surface area contributed by atoms with Crippen molar-refractivity contribution in [2.75, 3.05) is 11.9 Å². The van der Waals surface area contributed by atoms with Crippen LogP contribution in [0.2, 0.25) is 0 Å². The second-order valence-electron chi connectivity index (χ2n) is 4.39. The summed E-state index contributed by atoms with van der Waals surface area (Å²) >= 11 is 0. The van der Waals surface area contributed by atoms with Crippen LogP contribution in [-0.4, -0.2) is 28.4 Å². The molecule has 3 heterocycles. The first-order valence-electron chi connectivity index (χ1n) is 5.53. The van der Waals surface area contributed by atoms with E-state index in [9.17, 15) is 4.79 Å². The molecule has 0 bridgehead atoms. The third-order valence-electron chi connectivity index (χ3n) is 3.27. The molecule has 1 saturated heterocycles. The summed E-state index contributed by atoms with van der Waals surface area (Å²) in [7, 11) is 2.64. The predicted octanol–water partition coefficient (Wildman–Crippen LogP) is 0.498. The van der Waals surface area contributed by atoms with Crippen molar-refractivity contribution < 1.29 is 4.79 Å². The maximum Gasteiger partial charge on any atom is 0.242 e. The summed E-state index contributed by atoms with van der Waals surface area (Å²) in [5.41, 5.74) is 1.12. The van der Waals surface area contributed by atoms with Gasteiger partial charge in [-0.05, 0) is 30.8 Å². The first kappa shape index (κ1) is 10.2. The number of anilines is 1. The first-order valence-corrected chi connectivity index (χ1v) is 6.11. The van der Waals surface area contributed by atoms with Gasteiger partial charge in [0.15, 0.2) is 0 Å². The van der Waals surface area contributed by atoms with Crippen LogP contribution in [0.4, 0.5) is 5.82 Å². The number of hydrogen-bond donors (Lipinski definition) is 1. The largest absolute Gasteiger partial charge is 0.309 e. The molecule has 2 atom stereocenters. The fourth-order valence-corrected chi connectivity index (χ4v) is 2.77. The highest BCUT2D eigenvalue weighted by Crippen LogP contribution is 2.26. The number of aromatic nitrogens is 1. The number of pyridine rings is 1. The Morgan fingerprint density at radius 1 is 1.56 bits per heavy atom. The van der Waals surface area contributed by atoms with E-state index in [2.05, 4.69) is 30.5 Å². The number of fused-ring (bicyclic) bond motifs is 2. The van der Waals surface area contributed by atoms with E-state index in [0.717, 1.165) is 42.6 Å². The molecule has 0 radical (unpaired) electrons. The molecule has 1 fully saturated rings. The zero-order valence-corrected chi connectivity index (χ0v) is 10.1. The standard InChI is InChI=1S/C11H14N3OP/c15-11-9-2-1-3-14(9)6-7-4-8(16)5-12-10(7)13-11/h4-5,9H,1-3,6,16H2,(H,12,13,15). The summed E-state index contributed by atoms with van der Waals surface area (Å²) in [5, 5.41) is 3.98. The minimum Gasteiger partial charge on any atom is -0.309 e. The van der Waals surface area contributed by atoms with E-state index >= 15 is 0 Å². The molecular weight excluding hydrogens is 221 g/mol. The van der Waals surface area contributed by atoms with Gasteiger partial charge < -0.3 is 5.32 Å². The van der Waals surface area contributed by atoms with Crippen molar-refractivity contribution in [1.82, 2.24) is 9.88 Å². The van der Waals surface area contributed by atoms with Gasteiger partial charge in [0, 0.05) is 18.3 Å². The summed E-state index contributed by atoms with van der Waals surface area (Å²) in [6.45, 7) is 1.84. The molecule has 16 heavy (non-hydrogen) atoms. The lowest BCUT2D eigenvalue weighted by molar-refractivity contribution is -0.120. The normalized spacial score (nSPS) is 24.6. The van der Waals surface area contributed by atoms with E-state index in [0.29, 0.717) is 0 Å². The molecule has 3 rings (SSSR count). The quantitative estimate of drug-likeness (QED) is 0.666. The third-order valence-corrected chi connectivity index (χ3v) is 3.58. The van der Waals surface area contributed by atoms with Crippen molar-refractivity contribution in [1.29, 1.82) is 0 Å². The van der Waals surface area contributed by atoms with E-state index in [1.165, 1.54) is 0 Å². The maximum absolute atomic E-state index is 11.9. The van der Waals surface area contributed by atoms with Crippen LogP contribution < -0.4 is 10.6 Å². The van der Waals surface area contributed by atoms with Gasteiger partial charge in [0.1, 0.15) is 5.82 Å². The van der Waals surface area contributed by atoms with Crippen molar-refractivity contribution >= 4 is 26.3 Å². The molecule has 0 aromatic carbocycles. The molecule has 1 N–H and O–H groups in total. The van der Waals surface area contributed by atoms with Crippen LogP contribution in [0.15, 0.2) is 12.3 Å². The Bertz CT molecular complexity index is 449. The van der Waals surface area contributed by atoms with Crippen molar-refractivity contribution in [2.45, 2.75) is 25.4 Å². The Kier molecular flexibility index (Phi) is 2.41. The highest BCUT2D eigenvalue weighted by molar-refractivity contribution is 7.27. The minimum atomic E-state index is 0.0437. The summed E-state index contributed by atoms with van der Waals surface area (Å²) in [6, 6.07) is 2.12. The number of carbonyl (C=O) groups excluding carboxylic acids is 1. The van der Waals surface area contributed by atoms with Gasteiger partial charge in [0.2, 0.25) is 5.91 Å². The third kappa shape index (κ3) is 1.62. The number of hydrogen-bond acceptors (Lipinski definition) is 3. The molecule has 0 aliphatic carbocycles. The molecule has 4 nitrogen and oxygen atoms in total. The lowest BCUT2D eigenvalue weighted by Crippen LogP contribution is -2.36. The fourth-order valence-electron chi connectivity index (χ4n) is 2.49. The van der Waals surface area contributed by atoms with Crippen molar-refractivity contribution in [2.24, 2.45) is 0 Å². The van der Waals surface area contributed by atoms with Crippen LogP contribution in [0.25, 0.3) is 0 Å². The molecule has 0 spiro atoms. The number of nitrogens with zero attached hydrogens (tertiary/aromatic N) is 2. The Hall–Kier alpha value is -0.990. The molecule has 2 aliphatic heterocycles.